The zero-order valence-corrected chi connectivity index (χ0v) is 13.1. The summed E-state index contributed by atoms with van der Waals surface area (Å²) < 4.78 is 1.49. The van der Waals surface area contributed by atoms with Crippen molar-refractivity contribution in [3.63, 3.8) is 0 Å². The number of aromatic amines is 1. The third-order valence-corrected chi connectivity index (χ3v) is 4.55. The van der Waals surface area contributed by atoms with E-state index in [1.807, 2.05) is 31.3 Å². The van der Waals surface area contributed by atoms with Gasteiger partial charge in [-0.25, -0.2) is 0 Å². The first-order chi connectivity index (χ1) is 10.6. The minimum Gasteiger partial charge on any atom is -0.361 e. The molecule has 2 aromatic heterocycles. The highest BCUT2D eigenvalue weighted by Crippen LogP contribution is 2.17. The van der Waals surface area contributed by atoms with Crippen LogP contribution in [0.2, 0.25) is 0 Å². The quantitative estimate of drug-likeness (QED) is 0.757. The number of amides is 1. The van der Waals surface area contributed by atoms with E-state index in [0.29, 0.717) is 6.54 Å². The first-order valence-corrected chi connectivity index (χ1v) is 8.00. The van der Waals surface area contributed by atoms with Gasteiger partial charge in [-0.15, -0.1) is 0 Å². The lowest BCUT2D eigenvalue weighted by atomic mass is 10.1. The Hall–Kier alpha value is -2.34. The molecule has 0 saturated heterocycles. The summed E-state index contributed by atoms with van der Waals surface area (Å²) in [5, 5.41) is 5.82. The van der Waals surface area contributed by atoms with Crippen LogP contribution >= 0.6 is 11.3 Å². The molecular formula is C16H17N3O2S. The van der Waals surface area contributed by atoms with E-state index >= 15 is 0 Å². The first kappa shape index (κ1) is 14.6. The van der Waals surface area contributed by atoms with E-state index < -0.39 is 0 Å². The molecular weight excluding hydrogens is 298 g/mol. The maximum absolute atomic E-state index is 11.9. The average Bonchev–Trinajstić information content (AvgIpc) is 3.06. The third kappa shape index (κ3) is 2.96. The third-order valence-electron chi connectivity index (χ3n) is 3.67. The number of nitrogens with zero attached hydrogens (tertiary/aromatic N) is 1. The lowest BCUT2D eigenvalue weighted by Crippen LogP contribution is -2.32. The van der Waals surface area contributed by atoms with Gasteiger partial charge in [-0.1, -0.05) is 29.5 Å². The molecule has 3 rings (SSSR count). The highest BCUT2D eigenvalue weighted by Gasteiger charge is 2.08. The second kappa shape index (κ2) is 6.19. The van der Waals surface area contributed by atoms with Gasteiger partial charge in [-0.3, -0.25) is 14.2 Å². The van der Waals surface area contributed by atoms with Gasteiger partial charge in [0.2, 0.25) is 5.91 Å². The molecule has 114 valence electrons. The molecule has 1 amide bonds. The van der Waals surface area contributed by atoms with Gasteiger partial charge in [0.15, 0.2) is 0 Å². The fourth-order valence-electron chi connectivity index (χ4n) is 2.47. The lowest BCUT2D eigenvalue weighted by Gasteiger charge is -2.06. The summed E-state index contributed by atoms with van der Waals surface area (Å²) >= 11 is 1.12. The number of rotatable bonds is 5. The number of hydrogen-bond donors (Lipinski definition) is 2. The summed E-state index contributed by atoms with van der Waals surface area (Å²) in [5.41, 5.74) is 3.10. The van der Waals surface area contributed by atoms with Gasteiger partial charge in [-0.2, -0.15) is 0 Å². The number of nitrogens with one attached hydrogen (secondary N) is 2. The molecule has 0 aliphatic rings. The number of fused-ring (bicyclic) bond motifs is 1. The van der Waals surface area contributed by atoms with Crippen molar-refractivity contribution in [2.75, 3.05) is 6.54 Å². The van der Waals surface area contributed by atoms with Crippen LogP contribution in [0.15, 0.2) is 40.6 Å². The van der Waals surface area contributed by atoms with Crippen molar-refractivity contribution < 1.29 is 4.79 Å². The second-order valence-corrected chi connectivity index (χ2v) is 6.01. The Morgan fingerprint density at radius 1 is 1.36 bits per heavy atom. The van der Waals surface area contributed by atoms with Crippen molar-refractivity contribution in [1.29, 1.82) is 0 Å². The molecule has 2 N–H and O–H groups in total. The van der Waals surface area contributed by atoms with Gasteiger partial charge in [0.05, 0.1) is 0 Å². The van der Waals surface area contributed by atoms with Crippen molar-refractivity contribution in [3.05, 3.63) is 56.8 Å². The molecule has 0 saturated carbocycles. The molecule has 1 aromatic carbocycles. The van der Waals surface area contributed by atoms with E-state index in [0.717, 1.165) is 29.0 Å². The van der Waals surface area contributed by atoms with E-state index in [4.69, 9.17) is 0 Å². The molecule has 0 unspecified atom stereocenters. The van der Waals surface area contributed by atoms with E-state index in [1.54, 1.807) is 5.38 Å². The molecule has 0 radical (unpaired) electrons. The Labute approximate surface area is 131 Å². The topological polar surface area (TPSA) is 66.9 Å². The fourth-order valence-corrected chi connectivity index (χ4v) is 3.21. The number of hydrogen-bond acceptors (Lipinski definition) is 3. The summed E-state index contributed by atoms with van der Waals surface area (Å²) in [5.74, 6) is -0.136. The van der Waals surface area contributed by atoms with Gasteiger partial charge in [0, 0.05) is 34.7 Å². The molecule has 0 aliphatic heterocycles. The van der Waals surface area contributed by atoms with Crippen LogP contribution in [0.1, 0.15) is 11.3 Å². The molecule has 5 nitrogen and oxygen atoms in total. The SMILES string of the molecule is Cc1csc(=O)n1CC(=O)NCCc1c[nH]c2ccccc12. The average molecular weight is 315 g/mol. The Balaban J connectivity index is 1.57. The zero-order chi connectivity index (χ0) is 15.5. The number of carbonyl (C=O) groups excluding carboxylic acids is 1. The monoisotopic (exact) mass is 315 g/mol. The number of carbonyl (C=O) groups is 1. The molecule has 0 atom stereocenters. The molecule has 0 aliphatic carbocycles. The molecule has 0 spiro atoms. The fraction of sp³-hybridized carbons (Fsp3) is 0.250. The number of thiazole rings is 1. The summed E-state index contributed by atoms with van der Waals surface area (Å²) in [6.07, 6.45) is 2.73. The summed E-state index contributed by atoms with van der Waals surface area (Å²) in [4.78, 5) is 26.6. The van der Waals surface area contributed by atoms with Crippen LogP contribution in [-0.4, -0.2) is 22.0 Å². The Morgan fingerprint density at radius 3 is 2.95 bits per heavy atom. The van der Waals surface area contributed by atoms with Gasteiger partial charge < -0.3 is 10.3 Å². The first-order valence-electron chi connectivity index (χ1n) is 7.12. The van der Waals surface area contributed by atoms with Crippen molar-refractivity contribution in [1.82, 2.24) is 14.9 Å². The normalized spacial score (nSPS) is 11.0. The smallest absolute Gasteiger partial charge is 0.307 e. The van der Waals surface area contributed by atoms with Gasteiger partial charge >= 0.3 is 4.87 Å². The van der Waals surface area contributed by atoms with Crippen LogP contribution in [0, 0.1) is 6.92 Å². The molecule has 3 aromatic rings. The predicted molar refractivity (Wildman–Crippen MR) is 88.3 cm³/mol. The predicted octanol–water partition coefficient (Wildman–Crippen LogP) is 2.06. The van der Waals surface area contributed by atoms with E-state index in [9.17, 15) is 9.59 Å². The van der Waals surface area contributed by atoms with Crippen LogP contribution in [0.5, 0.6) is 0 Å². The van der Waals surface area contributed by atoms with Gasteiger partial charge in [0.1, 0.15) is 6.54 Å². The van der Waals surface area contributed by atoms with E-state index in [2.05, 4.69) is 16.4 Å². The number of para-hydroxylation sites is 1. The second-order valence-electron chi connectivity index (χ2n) is 5.19. The number of benzene rings is 1. The molecule has 22 heavy (non-hydrogen) atoms. The van der Waals surface area contributed by atoms with Gasteiger partial charge in [-0.05, 0) is 25.0 Å². The van der Waals surface area contributed by atoms with Crippen LogP contribution < -0.4 is 10.2 Å². The summed E-state index contributed by atoms with van der Waals surface area (Å²) in [6, 6.07) is 8.09. The van der Waals surface area contributed by atoms with Crippen molar-refractivity contribution >= 4 is 28.1 Å². The van der Waals surface area contributed by atoms with Crippen molar-refractivity contribution in [3.8, 4) is 0 Å². The number of aromatic nitrogens is 2. The summed E-state index contributed by atoms with van der Waals surface area (Å²) in [7, 11) is 0. The number of aryl methyl sites for hydroxylation is 1. The Bertz CT molecular complexity index is 860. The highest BCUT2D eigenvalue weighted by molar-refractivity contribution is 7.07. The maximum Gasteiger partial charge on any atom is 0.307 e. The van der Waals surface area contributed by atoms with Crippen molar-refractivity contribution in [2.45, 2.75) is 19.9 Å². The Morgan fingerprint density at radius 2 is 2.18 bits per heavy atom. The molecule has 6 heteroatoms. The Kier molecular flexibility index (Phi) is 4.11. The molecule has 2 heterocycles. The standard InChI is InChI=1S/C16H17N3O2S/c1-11-10-22-16(21)19(11)9-15(20)17-7-6-12-8-18-14-5-3-2-4-13(12)14/h2-5,8,10,18H,6-7,9H2,1H3,(H,17,20). The number of H-pyrrole nitrogens is 1. The molecule has 0 bridgehead atoms. The van der Waals surface area contributed by atoms with E-state index in [-0.39, 0.29) is 17.3 Å². The highest BCUT2D eigenvalue weighted by atomic mass is 32.1. The van der Waals surface area contributed by atoms with Crippen LogP contribution in [0.4, 0.5) is 0 Å². The van der Waals surface area contributed by atoms with Crippen molar-refractivity contribution in [2.24, 2.45) is 0 Å². The minimum atomic E-state index is -0.136. The lowest BCUT2D eigenvalue weighted by molar-refractivity contribution is -0.121. The minimum absolute atomic E-state index is 0.0854. The van der Waals surface area contributed by atoms with Crippen LogP contribution in [-0.2, 0) is 17.8 Å². The van der Waals surface area contributed by atoms with Crippen LogP contribution in [0.25, 0.3) is 10.9 Å². The zero-order valence-electron chi connectivity index (χ0n) is 12.3. The van der Waals surface area contributed by atoms with E-state index in [1.165, 1.54) is 15.5 Å². The molecule has 0 fully saturated rings. The maximum atomic E-state index is 11.9. The summed E-state index contributed by atoms with van der Waals surface area (Å²) in [6.45, 7) is 2.47. The van der Waals surface area contributed by atoms with Crippen LogP contribution in [0.3, 0.4) is 0 Å². The van der Waals surface area contributed by atoms with Gasteiger partial charge in [0.25, 0.3) is 0 Å². The largest absolute Gasteiger partial charge is 0.361 e.